The number of phenolic OH excluding ortho intramolecular Hbond substituents is 1. The lowest BCUT2D eigenvalue weighted by Gasteiger charge is -2.29. The normalized spacial score (nSPS) is 14.9. The first-order valence-corrected chi connectivity index (χ1v) is 29.4. The number of rotatable bonds is 35. The summed E-state index contributed by atoms with van der Waals surface area (Å²) in [7, 11) is 0. The molecule has 9 amide bonds. The molecule has 3 aromatic carbocycles. The Labute approximate surface area is 494 Å². The van der Waals surface area contributed by atoms with Gasteiger partial charge in [0.1, 0.15) is 48.0 Å². The molecule has 0 spiro atoms. The molecule has 4 aromatic rings. The number of aromatic nitrogens is 1. The van der Waals surface area contributed by atoms with Gasteiger partial charge in [-0.3, -0.25) is 43.2 Å². The van der Waals surface area contributed by atoms with Gasteiger partial charge in [0.25, 0.3) is 0 Å². The van der Waals surface area contributed by atoms with E-state index in [-0.39, 0.29) is 55.4 Å². The van der Waals surface area contributed by atoms with E-state index in [1.54, 1.807) is 32.2 Å². The van der Waals surface area contributed by atoms with Crippen molar-refractivity contribution < 1.29 is 53.4 Å². The van der Waals surface area contributed by atoms with Crippen molar-refractivity contribution in [3.8, 4) is 5.75 Å². The number of anilines is 1. The van der Waals surface area contributed by atoms with E-state index in [4.69, 9.17) is 11.5 Å². The number of thiol groups is 2. The lowest BCUT2D eigenvalue weighted by molar-refractivity contribution is -0.136. The number of aliphatic hydroxyl groups excluding tert-OH is 1. The number of unbranched alkanes of at least 4 members (excludes halogenated alkanes) is 1. The molecule has 23 nitrogen and oxygen atoms in total. The van der Waals surface area contributed by atoms with E-state index in [1.165, 1.54) is 19.1 Å². The van der Waals surface area contributed by atoms with Gasteiger partial charge in [-0.25, -0.2) is 0 Å². The molecule has 0 fully saturated rings. The number of carbonyl (C=O) groups is 9. The molecule has 1 aliphatic rings. The highest BCUT2D eigenvalue weighted by atomic mass is 32.1. The average Bonchev–Trinajstić information content (AvgIpc) is 4.25. The number of nitrogens with zero attached hydrogens (tertiary/aromatic N) is 1. The van der Waals surface area contributed by atoms with E-state index in [1.807, 2.05) is 42.5 Å². The quantitative estimate of drug-likeness (QED) is 0.0224. The smallest absolute Gasteiger partial charge is 0.244 e. The Hall–Kier alpha value is -7.19. The molecule has 1 aromatic heterocycles. The Morgan fingerprint density at radius 1 is 0.663 bits per heavy atom. The number of primary amides is 1. The second-order valence-electron chi connectivity index (χ2n) is 21.2. The topological polar surface area (TPSA) is 361 Å². The molecule has 15 N–H and O–H groups in total. The predicted molar refractivity (Wildman–Crippen MR) is 322 cm³/mol. The zero-order valence-corrected chi connectivity index (χ0v) is 49.3. The van der Waals surface area contributed by atoms with Crippen molar-refractivity contribution in [2.24, 2.45) is 17.4 Å². The molecule has 83 heavy (non-hydrogen) atoms. The minimum Gasteiger partial charge on any atom is -0.508 e. The standard InChI is InChI=1S/C58H82N12O11S2/c1-5-24-70(26-22-36-12-10-16-42-40(36)29-49(74)62-42)25-11-17-48(73)63-46(31-82)56(79)65-44(27-35-18-20-38(72)21-19-35)54(77)66-45(28-37-30-61-41-14-7-6-13-39(37)41)55(78)64-43(15-8-9-23-59)53(76)68-50(33(2)3)58(81)67-47(32-83)57(80)69-51(34(4)71)52(60)75/h6-7,10,12-14,16,18-21,30,33-34,43-47,50-51,61,71-72,82-83H,5,8-9,11,15,17,22-29,31-32,59H2,1-4H3,(H2,60,75)(H,62,74)(H,63,73)(H,64,78)(H,65,79)(H,66,77)(H,67,81)(H,68,76)(H,69,80)/t34-,43+,44+,45-,46+,47+,50+,51+/m1/s1. The molecular weight excluding hydrogens is 1100 g/mol. The van der Waals surface area contributed by atoms with Crippen LogP contribution in [0, 0.1) is 5.92 Å². The molecular formula is C58H82N12O11S2. The summed E-state index contributed by atoms with van der Waals surface area (Å²) in [6, 6.07) is 9.87. The summed E-state index contributed by atoms with van der Waals surface area (Å²) >= 11 is 8.59. The third kappa shape index (κ3) is 20.3. The minimum atomic E-state index is -1.46. The zero-order valence-electron chi connectivity index (χ0n) is 47.5. The zero-order chi connectivity index (χ0) is 60.8. The Morgan fingerprint density at radius 2 is 1.27 bits per heavy atom. The third-order valence-corrected chi connectivity index (χ3v) is 15.0. The maximum absolute atomic E-state index is 14.8. The molecule has 1 aliphatic heterocycles. The predicted octanol–water partition coefficient (Wildman–Crippen LogP) is 0.793. The van der Waals surface area contributed by atoms with E-state index in [0.717, 1.165) is 53.6 Å². The minimum absolute atomic E-state index is 0.0289. The van der Waals surface area contributed by atoms with Crippen LogP contribution in [0.5, 0.6) is 5.75 Å². The average molecular weight is 1190 g/mol. The number of phenols is 1. The molecule has 8 atom stereocenters. The number of para-hydroxylation sites is 1. The second-order valence-corrected chi connectivity index (χ2v) is 21.9. The second kappa shape index (κ2) is 33.2. The van der Waals surface area contributed by atoms with Crippen LogP contribution in [-0.4, -0.2) is 159 Å². The van der Waals surface area contributed by atoms with Crippen molar-refractivity contribution in [1.82, 2.24) is 47.1 Å². The summed E-state index contributed by atoms with van der Waals surface area (Å²) in [5.74, 6) is -7.16. The van der Waals surface area contributed by atoms with E-state index in [9.17, 15) is 53.4 Å². The lowest BCUT2D eigenvalue weighted by atomic mass is 10.00. The Balaban J connectivity index is 1.33. The number of hydrogen-bond donors (Lipinski definition) is 15. The molecule has 0 aliphatic carbocycles. The molecule has 452 valence electrons. The fraction of sp³-hybridized carbons (Fsp3) is 0.500. The highest BCUT2D eigenvalue weighted by Crippen LogP contribution is 2.27. The summed E-state index contributed by atoms with van der Waals surface area (Å²) in [6.07, 6.45) is 3.54. The number of H-pyrrole nitrogens is 1. The number of fused-ring (bicyclic) bond motifs is 2. The SMILES string of the molecule is CCCN(CCCC(=O)N[C@@H](CS)C(=O)N[C@@H](Cc1ccc(O)cc1)C(=O)N[C@H](Cc1c[nH]c2ccccc12)C(=O)N[C@@H](CCCCN)C(=O)N[C@H](C(=O)N[C@@H](CS)C(=O)N[C@H](C(N)=O)[C@@H](C)O)C(C)C)CCc1cccc2c1CC(=O)N2. The first-order chi connectivity index (χ1) is 39.7. The van der Waals surface area contributed by atoms with Crippen LogP contribution in [0.15, 0.2) is 72.9 Å². The van der Waals surface area contributed by atoms with Crippen LogP contribution in [0.4, 0.5) is 5.69 Å². The molecule has 0 unspecified atom stereocenters. The Bertz CT molecular complexity index is 2870. The number of amides is 9. The van der Waals surface area contributed by atoms with Gasteiger partial charge >= 0.3 is 0 Å². The summed E-state index contributed by atoms with van der Waals surface area (Å²) in [4.78, 5) is 128. The highest BCUT2D eigenvalue weighted by Gasteiger charge is 2.36. The van der Waals surface area contributed by atoms with Gasteiger partial charge in [-0.2, -0.15) is 25.3 Å². The van der Waals surface area contributed by atoms with Gasteiger partial charge in [0.15, 0.2) is 0 Å². The monoisotopic (exact) mass is 1190 g/mol. The molecule has 0 bridgehead atoms. The molecule has 0 saturated heterocycles. The number of benzene rings is 3. The summed E-state index contributed by atoms with van der Waals surface area (Å²) in [5, 5.41) is 42.4. The number of nitrogens with two attached hydrogens (primary N) is 2. The van der Waals surface area contributed by atoms with Gasteiger partial charge in [0.2, 0.25) is 53.2 Å². The maximum atomic E-state index is 14.8. The van der Waals surface area contributed by atoms with Gasteiger partial charge < -0.3 is 74.1 Å². The van der Waals surface area contributed by atoms with Crippen LogP contribution in [0.1, 0.15) is 88.5 Å². The van der Waals surface area contributed by atoms with E-state index in [2.05, 4.69) is 84.6 Å². The van der Waals surface area contributed by atoms with Crippen molar-refractivity contribution in [3.05, 3.63) is 95.2 Å². The summed E-state index contributed by atoms with van der Waals surface area (Å²) in [5.41, 5.74) is 16.0. The summed E-state index contributed by atoms with van der Waals surface area (Å²) in [6.45, 7) is 9.02. The van der Waals surface area contributed by atoms with E-state index >= 15 is 0 Å². The van der Waals surface area contributed by atoms with Crippen molar-refractivity contribution in [2.75, 3.05) is 43.0 Å². The van der Waals surface area contributed by atoms with Gasteiger partial charge in [0.05, 0.1) is 12.5 Å². The molecule has 5 rings (SSSR count). The van der Waals surface area contributed by atoms with Crippen molar-refractivity contribution in [3.63, 3.8) is 0 Å². The van der Waals surface area contributed by atoms with Crippen LogP contribution < -0.4 is 54.0 Å². The van der Waals surface area contributed by atoms with Gasteiger partial charge in [-0.05, 0) is 118 Å². The summed E-state index contributed by atoms with van der Waals surface area (Å²) < 4.78 is 0. The van der Waals surface area contributed by atoms with E-state index in [0.29, 0.717) is 43.4 Å². The highest BCUT2D eigenvalue weighted by molar-refractivity contribution is 7.80. The van der Waals surface area contributed by atoms with Crippen LogP contribution in [-0.2, 0) is 68.8 Å². The number of aliphatic hydroxyl groups is 1. The van der Waals surface area contributed by atoms with Crippen molar-refractivity contribution in [2.45, 2.75) is 140 Å². The fourth-order valence-corrected chi connectivity index (χ4v) is 10.2. The number of hydrogen-bond acceptors (Lipinski definition) is 15. The van der Waals surface area contributed by atoms with Crippen LogP contribution in [0.3, 0.4) is 0 Å². The van der Waals surface area contributed by atoms with Crippen LogP contribution in [0.25, 0.3) is 10.9 Å². The number of nitrogens with one attached hydrogen (secondary N) is 9. The van der Waals surface area contributed by atoms with Crippen molar-refractivity contribution in [1.29, 1.82) is 0 Å². The Morgan fingerprint density at radius 3 is 1.90 bits per heavy atom. The number of aromatic hydroxyl groups is 1. The van der Waals surface area contributed by atoms with E-state index < -0.39 is 102 Å². The molecule has 25 heteroatoms. The van der Waals surface area contributed by atoms with Crippen molar-refractivity contribution >= 4 is 95.0 Å². The Kier molecular flexibility index (Phi) is 26.6. The van der Waals surface area contributed by atoms with Gasteiger partial charge in [-0.15, -0.1) is 0 Å². The molecule has 2 heterocycles. The van der Waals surface area contributed by atoms with Gasteiger partial charge in [0, 0.05) is 60.1 Å². The largest absolute Gasteiger partial charge is 0.508 e. The number of aromatic amines is 1. The third-order valence-electron chi connectivity index (χ3n) is 14.3. The first-order valence-electron chi connectivity index (χ1n) is 28.1. The molecule has 0 radical (unpaired) electrons. The first kappa shape index (κ1) is 66.6. The van der Waals surface area contributed by atoms with Crippen LogP contribution in [0.2, 0.25) is 0 Å². The molecule has 0 saturated carbocycles. The van der Waals surface area contributed by atoms with Gasteiger partial charge in [-0.1, -0.05) is 63.2 Å². The number of carbonyl (C=O) groups excluding carboxylic acids is 9. The maximum Gasteiger partial charge on any atom is 0.244 e. The fourth-order valence-electron chi connectivity index (χ4n) is 9.72. The lowest BCUT2D eigenvalue weighted by Crippen LogP contribution is -2.61. The van der Waals surface area contributed by atoms with Crippen LogP contribution >= 0.6 is 25.3 Å².